The molecule has 0 aliphatic rings. The monoisotopic (exact) mass is 283 g/mol. The van der Waals surface area contributed by atoms with Crippen molar-refractivity contribution in [2.24, 2.45) is 0 Å². The molecule has 0 radical (unpaired) electrons. The number of H-pyrrole nitrogens is 1. The first-order valence-corrected chi connectivity index (χ1v) is 7.32. The number of imidazole rings is 1. The van der Waals surface area contributed by atoms with Crippen LogP contribution >= 0.6 is 0 Å². The Bertz CT molecular complexity index is 723. The van der Waals surface area contributed by atoms with Crippen molar-refractivity contribution in [1.82, 2.24) is 15.3 Å². The molecule has 0 aliphatic carbocycles. The number of hydrogen-bond acceptors (Lipinski definition) is 3. The molecule has 0 spiro atoms. The van der Waals surface area contributed by atoms with Crippen LogP contribution in [0.25, 0.3) is 11.0 Å². The Balaban J connectivity index is 1.79. The normalized spacial score (nSPS) is 14.5. The molecule has 2 N–H and O–H groups in total. The van der Waals surface area contributed by atoms with Crippen LogP contribution in [0.4, 0.5) is 0 Å². The van der Waals surface area contributed by atoms with Gasteiger partial charge in [-0.15, -0.1) is 0 Å². The highest BCUT2D eigenvalue weighted by atomic mass is 16.3. The highest BCUT2D eigenvalue weighted by Crippen LogP contribution is 2.24. The minimum absolute atomic E-state index is 0.141. The first kappa shape index (κ1) is 13.9. The molecule has 110 valence electrons. The van der Waals surface area contributed by atoms with Crippen LogP contribution < -0.4 is 5.32 Å². The van der Waals surface area contributed by atoms with Gasteiger partial charge in [-0.1, -0.05) is 12.1 Å². The van der Waals surface area contributed by atoms with Crippen molar-refractivity contribution in [3.8, 4) is 0 Å². The van der Waals surface area contributed by atoms with E-state index in [1.807, 2.05) is 38.1 Å². The molecule has 0 saturated heterocycles. The fraction of sp³-hybridized carbons (Fsp3) is 0.353. The maximum atomic E-state index is 5.61. The Morgan fingerprint density at radius 2 is 1.90 bits per heavy atom. The van der Waals surface area contributed by atoms with E-state index in [1.165, 1.54) is 5.56 Å². The van der Waals surface area contributed by atoms with Crippen molar-refractivity contribution < 1.29 is 4.42 Å². The van der Waals surface area contributed by atoms with E-state index >= 15 is 0 Å². The first-order valence-electron chi connectivity index (χ1n) is 7.32. The van der Waals surface area contributed by atoms with Crippen LogP contribution in [0, 0.1) is 13.8 Å². The summed E-state index contributed by atoms with van der Waals surface area (Å²) in [6.07, 6.45) is 0. The molecule has 21 heavy (non-hydrogen) atoms. The molecular weight excluding hydrogens is 262 g/mol. The Morgan fingerprint density at radius 3 is 2.57 bits per heavy atom. The zero-order valence-electron chi connectivity index (χ0n) is 12.9. The summed E-state index contributed by atoms with van der Waals surface area (Å²) >= 11 is 0. The number of aromatic nitrogens is 2. The van der Waals surface area contributed by atoms with E-state index in [9.17, 15) is 0 Å². The van der Waals surface area contributed by atoms with Gasteiger partial charge in [0.1, 0.15) is 17.3 Å². The van der Waals surface area contributed by atoms with Crippen molar-refractivity contribution in [1.29, 1.82) is 0 Å². The summed E-state index contributed by atoms with van der Waals surface area (Å²) in [5.74, 6) is 2.89. The number of aryl methyl sites for hydroxylation is 2. The van der Waals surface area contributed by atoms with E-state index in [-0.39, 0.29) is 12.1 Å². The third-order valence-corrected chi connectivity index (χ3v) is 3.86. The van der Waals surface area contributed by atoms with E-state index < -0.39 is 0 Å². The highest BCUT2D eigenvalue weighted by molar-refractivity contribution is 5.74. The van der Waals surface area contributed by atoms with Gasteiger partial charge in [0.25, 0.3) is 0 Å². The molecule has 2 unspecified atom stereocenters. The van der Waals surface area contributed by atoms with E-state index in [2.05, 4.69) is 35.2 Å². The lowest BCUT2D eigenvalue weighted by molar-refractivity contribution is 0.461. The maximum Gasteiger partial charge on any atom is 0.124 e. The van der Waals surface area contributed by atoms with Gasteiger partial charge in [-0.25, -0.2) is 4.98 Å². The van der Waals surface area contributed by atoms with Crippen molar-refractivity contribution in [3.05, 3.63) is 53.2 Å². The summed E-state index contributed by atoms with van der Waals surface area (Å²) in [4.78, 5) is 8.02. The molecule has 0 bridgehead atoms. The third kappa shape index (κ3) is 2.72. The smallest absolute Gasteiger partial charge is 0.124 e. The third-order valence-electron chi connectivity index (χ3n) is 3.86. The van der Waals surface area contributed by atoms with E-state index in [0.717, 1.165) is 28.4 Å². The molecule has 4 heteroatoms. The molecule has 3 rings (SSSR count). The summed E-state index contributed by atoms with van der Waals surface area (Å²) < 4.78 is 5.61. The number of nitrogens with zero attached hydrogens (tertiary/aromatic N) is 1. The topological polar surface area (TPSA) is 53.9 Å². The minimum Gasteiger partial charge on any atom is -0.466 e. The standard InChI is InChI=1S/C17H21N3O/c1-10-9-14(13(4)21-10)11(2)18-12(3)17-19-15-7-5-6-8-16(15)20-17/h5-9,11-12,18H,1-4H3,(H,19,20). The highest BCUT2D eigenvalue weighted by Gasteiger charge is 2.17. The Kier molecular flexibility index (Phi) is 3.55. The van der Waals surface area contributed by atoms with Crippen LogP contribution in [0.2, 0.25) is 0 Å². The van der Waals surface area contributed by atoms with Gasteiger partial charge in [-0.2, -0.15) is 0 Å². The van der Waals surface area contributed by atoms with Crippen molar-refractivity contribution in [2.75, 3.05) is 0 Å². The molecule has 2 atom stereocenters. The van der Waals surface area contributed by atoms with Crippen molar-refractivity contribution in [3.63, 3.8) is 0 Å². The molecular formula is C17H21N3O. The zero-order valence-corrected chi connectivity index (χ0v) is 12.9. The van der Waals surface area contributed by atoms with Gasteiger partial charge in [0.15, 0.2) is 0 Å². The Morgan fingerprint density at radius 1 is 1.14 bits per heavy atom. The molecule has 0 aliphatic heterocycles. The SMILES string of the molecule is Cc1cc(C(C)NC(C)c2nc3ccccc3[nH]2)c(C)o1. The number of fused-ring (bicyclic) bond motifs is 1. The molecule has 0 amide bonds. The summed E-state index contributed by atoms with van der Waals surface area (Å²) in [5.41, 5.74) is 3.28. The second-order valence-electron chi connectivity index (χ2n) is 5.62. The maximum absolute atomic E-state index is 5.61. The fourth-order valence-electron chi connectivity index (χ4n) is 2.80. The van der Waals surface area contributed by atoms with E-state index in [0.29, 0.717) is 0 Å². The number of hydrogen-bond donors (Lipinski definition) is 2. The zero-order chi connectivity index (χ0) is 15.0. The molecule has 0 fully saturated rings. The molecule has 0 saturated carbocycles. The van der Waals surface area contributed by atoms with Crippen molar-refractivity contribution in [2.45, 2.75) is 39.8 Å². The van der Waals surface area contributed by atoms with E-state index in [4.69, 9.17) is 4.42 Å². The number of furan rings is 1. The average molecular weight is 283 g/mol. The molecule has 2 aromatic heterocycles. The summed E-state index contributed by atoms with van der Waals surface area (Å²) in [6, 6.07) is 10.5. The van der Waals surface area contributed by atoms with Crippen molar-refractivity contribution >= 4 is 11.0 Å². The second-order valence-corrected chi connectivity index (χ2v) is 5.62. The van der Waals surface area contributed by atoms with E-state index in [1.54, 1.807) is 0 Å². The largest absolute Gasteiger partial charge is 0.466 e. The van der Waals surface area contributed by atoms with Crippen LogP contribution in [0.5, 0.6) is 0 Å². The Hall–Kier alpha value is -2.07. The van der Waals surface area contributed by atoms with Gasteiger partial charge >= 0.3 is 0 Å². The van der Waals surface area contributed by atoms with Gasteiger partial charge in [0, 0.05) is 11.6 Å². The van der Waals surface area contributed by atoms with Crippen LogP contribution in [-0.4, -0.2) is 9.97 Å². The summed E-state index contributed by atoms with van der Waals surface area (Å²) in [5, 5.41) is 3.57. The van der Waals surface area contributed by atoms with Crippen LogP contribution in [0.1, 0.15) is 48.8 Å². The summed E-state index contributed by atoms with van der Waals surface area (Å²) in [6.45, 7) is 8.26. The second kappa shape index (κ2) is 5.37. The Labute approximate surface area is 124 Å². The number of para-hydroxylation sites is 2. The van der Waals surface area contributed by atoms with Crippen LogP contribution in [0.3, 0.4) is 0 Å². The minimum atomic E-state index is 0.141. The fourth-order valence-corrected chi connectivity index (χ4v) is 2.80. The number of benzene rings is 1. The molecule has 3 aromatic rings. The van der Waals surface area contributed by atoms with Gasteiger partial charge in [0.2, 0.25) is 0 Å². The average Bonchev–Trinajstić information content (AvgIpc) is 3.01. The van der Waals surface area contributed by atoms with Crippen LogP contribution in [0.15, 0.2) is 34.7 Å². The number of nitrogens with one attached hydrogen (secondary N) is 2. The lowest BCUT2D eigenvalue weighted by Crippen LogP contribution is -2.23. The quantitative estimate of drug-likeness (QED) is 0.755. The lowest BCUT2D eigenvalue weighted by atomic mass is 10.1. The summed E-state index contributed by atoms with van der Waals surface area (Å²) in [7, 11) is 0. The molecule has 1 aromatic carbocycles. The molecule has 2 heterocycles. The van der Waals surface area contributed by atoms with Gasteiger partial charge < -0.3 is 14.7 Å². The van der Waals surface area contributed by atoms with Gasteiger partial charge in [0.05, 0.1) is 17.1 Å². The molecule has 4 nitrogen and oxygen atoms in total. The number of aromatic amines is 1. The number of rotatable bonds is 4. The predicted octanol–water partition coefficient (Wildman–Crippen LogP) is 4.18. The lowest BCUT2D eigenvalue weighted by Gasteiger charge is -2.18. The van der Waals surface area contributed by atoms with Crippen LogP contribution in [-0.2, 0) is 0 Å². The first-order chi connectivity index (χ1) is 10.0. The van der Waals surface area contributed by atoms with Gasteiger partial charge in [-0.3, -0.25) is 0 Å². The predicted molar refractivity (Wildman–Crippen MR) is 84.2 cm³/mol. The van der Waals surface area contributed by atoms with Gasteiger partial charge in [-0.05, 0) is 45.9 Å².